The molecule has 7 heteroatoms. The largest absolute Gasteiger partial charge is 0.487 e. The minimum absolute atomic E-state index is 0.00103. The van der Waals surface area contributed by atoms with E-state index in [2.05, 4.69) is 5.32 Å². The van der Waals surface area contributed by atoms with Crippen molar-refractivity contribution in [1.82, 2.24) is 0 Å². The highest BCUT2D eigenvalue weighted by molar-refractivity contribution is 5.93. The van der Waals surface area contributed by atoms with Crippen molar-refractivity contribution in [2.75, 3.05) is 19.0 Å². The lowest BCUT2D eigenvalue weighted by molar-refractivity contribution is -0.156. The molecule has 2 heterocycles. The van der Waals surface area contributed by atoms with Crippen LogP contribution in [0.5, 0.6) is 5.75 Å². The predicted octanol–water partition coefficient (Wildman–Crippen LogP) is 1.98. The number of carbonyl (C=O) groups excluding carboxylic acids is 2. The quantitative estimate of drug-likeness (QED) is 0.765. The summed E-state index contributed by atoms with van der Waals surface area (Å²) < 4.78 is 16.6. The average molecular weight is 375 g/mol. The molecule has 2 N–H and O–H groups in total. The molecule has 1 saturated carbocycles. The van der Waals surface area contributed by atoms with Crippen LogP contribution in [0.1, 0.15) is 43.6 Å². The van der Waals surface area contributed by atoms with E-state index < -0.39 is 6.10 Å². The number of benzene rings is 1. The Morgan fingerprint density at radius 2 is 2.15 bits per heavy atom. The summed E-state index contributed by atoms with van der Waals surface area (Å²) in [5.74, 6) is 0.596. The third kappa shape index (κ3) is 3.53. The van der Waals surface area contributed by atoms with Crippen molar-refractivity contribution >= 4 is 17.6 Å². The first-order chi connectivity index (χ1) is 13.1. The lowest BCUT2D eigenvalue weighted by atomic mass is 9.83. The third-order valence-electron chi connectivity index (χ3n) is 5.86. The fourth-order valence-corrected chi connectivity index (χ4v) is 4.15. The van der Waals surface area contributed by atoms with Crippen molar-refractivity contribution in [3.05, 3.63) is 23.8 Å². The number of rotatable bonds is 5. The van der Waals surface area contributed by atoms with Gasteiger partial charge in [0.05, 0.1) is 26.2 Å². The summed E-state index contributed by atoms with van der Waals surface area (Å²) >= 11 is 0. The zero-order valence-electron chi connectivity index (χ0n) is 15.3. The molecule has 0 aromatic heterocycles. The minimum Gasteiger partial charge on any atom is -0.487 e. The highest BCUT2D eigenvalue weighted by Gasteiger charge is 2.46. The number of methoxy groups -OCH3 is 1. The summed E-state index contributed by atoms with van der Waals surface area (Å²) in [5, 5.41) is 12.7. The summed E-state index contributed by atoms with van der Waals surface area (Å²) in [6.45, 7) is -0.182. The number of anilines is 1. The molecule has 27 heavy (non-hydrogen) atoms. The molecule has 0 spiro atoms. The zero-order chi connectivity index (χ0) is 19.0. The van der Waals surface area contributed by atoms with Gasteiger partial charge in [0, 0.05) is 23.1 Å². The Morgan fingerprint density at radius 1 is 1.33 bits per heavy atom. The molecule has 1 saturated heterocycles. The van der Waals surface area contributed by atoms with E-state index in [1.54, 1.807) is 0 Å². The van der Waals surface area contributed by atoms with Gasteiger partial charge in [-0.05, 0) is 37.5 Å². The Kier molecular flexibility index (Phi) is 5.06. The van der Waals surface area contributed by atoms with Gasteiger partial charge in [-0.1, -0.05) is 6.42 Å². The second-order valence-corrected chi connectivity index (χ2v) is 7.55. The van der Waals surface area contributed by atoms with Crippen LogP contribution >= 0.6 is 0 Å². The third-order valence-corrected chi connectivity index (χ3v) is 5.86. The number of fused-ring (bicyclic) bond motifs is 3. The van der Waals surface area contributed by atoms with Crippen LogP contribution in [0.3, 0.4) is 0 Å². The van der Waals surface area contributed by atoms with Crippen LogP contribution in [0.4, 0.5) is 5.69 Å². The molecular formula is C20H25NO6. The maximum atomic E-state index is 12.2. The van der Waals surface area contributed by atoms with Gasteiger partial charge in [-0.3, -0.25) is 9.59 Å². The first-order valence-electron chi connectivity index (χ1n) is 9.53. The number of aliphatic hydroxyl groups is 1. The van der Waals surface area contributed by atoms with E-state index in [0.29, 0.717) is 6.42 Å². The van der Waals surface area contributed by atoms with E-state index in [4.69, 9.17) is 14.2 Å². The molecule has 1 amide bonds. The van der Waals surface area contributed by atoms with Crippen LogP contribution in [0.25, 0.3) is 0 Å². The van der Waals surface area contributed by atoms with Crippen LogP contribution in [0.15, 0.2) is 18.2 Å². The minimum atomic E-state index is -0.501. The Labute approximate surface area is 158 Å². The van der Waals surface area contributed by atoms with Crippen LogP contribution < -0.4 is 10.1 Å². The Balaban J connectivity index is 1.52. The molecule has 1 aromatic rings. The lowest BCUT2D eigenvalue weighted by Crippen LogP contribution is -2.46. The average Bonchev–Trinajstić information content (AvgIpc) is 2.97. The van der Waals surface area contributed by atoms with Gasteiger partial charge < -0.3 is 24.6 Å². The fraction of sp³-hybridized carbons (Fsp3) is 0.600. The molecule has 4 atom stereocenters. The van der Waals surface area contributed by atoms with Gasteiger partial charge >= 0.3 is 5.97 Å². The molecule has 146 valence electrons. The van der Waals surface area contributed by atoms with E-state index in [1.165, 1.54) is 7.11 Å². The summed E-state index contributed by atoms with van der Waals surface area (Å²) in [6.07, 6.45) is 2.63. The molecule has 7 nitrogen and oxygen atoms in total. The maximum absolute atomic E-state index is 12.2. The lowest BCUT2D eigenvalue weighted by Gasteiger charge is -2.36. The Morgan fingerprint density at radius 3 is 2.81 bits per heavy atom. The highest BCUT2D eigenvalue weighted by Crippen LogP contribution is 2.47. The van der Waals surface area contributed by atoms with Gasteiger partial charge in [-0.2, -0.15) is 0 Å². The number of hydrogen-bond donors (Lipinski definition) is 2. The van der Waals surface area contributed by atoms with Gasteiger partial charge in [0.25, 0.3) is 0 Å². The van der Waals surface area contributed by atoms with Gasteiger partial charge in [-0.25, -0.2) is 0 Å². The van der Waals surface area contributed by atoms with Gasteiger partial charge in [-0.15, -0.1) is 0 Å². The molecule has 2 aliphatic heterocycles. The smallest absolute Gasteiger partial charge is 0.308 e. The van der Waals surface area contributed by atoms with Crippen LogP contribution in [0.2, 0.25) is 0 Å². The summed E-state index contributed by atoms with van der Waals surface area (Å²) in [7, 11) is 1.35. The van der Waals surface area contributed by atoms with Crippen LogP contribution in [-0.4, -0.2) is 49.0 Å². The number of amides is 1. The van der Waals surface area contributed by atoms with Crippen molar-refractivity contribution < 1.29 is 28.9 Å². The second-order valence-electron chi connectivity index (χ2n) is 7.55. The van der Waals surface area contributed by atoms with Crippen molar-refractivity contribution in [1.29, 1.82) is 0 Å². The van der Waals surface area contributed by atoms with Crippen LogP contribution in [0, 0.1) is 5.92 Å². The van der Waals surface area contributed by atoms with E-state index in [0.717, 1.165) is 36.3 Å². The summed E-state index contributed by atoms with van der Waals surface area (Å²) in [6, 6.07) is 5.65. The van der Waals surface area contributed by atoms with E-state index >= 15 is 0 Å². The SMILES string of the molecule is COC(=O)C[C@@H]1C[C@H]2c3cc(NC(=O)C4CCC4)ccc3O[C@H]2[C@H](CO)O1. The molecule has 1 aliphatic carbocycles. The van der Waals surface area contributed by atoms with E-state index in [-0.39, 0.29) is 48.9 Å². The van der Waals surface area contributed by atoms with Crippen molar-refractivity contribution in [3.8, 4) is 5.75 Å². The molecule has 1 aromatic carbocycles. The first-order valence-corrected chi connectivity index (χ1v) is 9.53. The number of aliphatic hydroxyl groups excluding tert-OH is 1. The standard InChI is InChI=1S/C20H25NO6/c1-25-18(23)9-13-8-15-14-7-12(21-20(24)11-3-2-4-11)5-6-16(14)27-19(15)17(10-22)26-13/h5-7,11,13,15,17,19,22H,2-4,8-10H2,1H3,(H,21,24)/t13-,15-,17-,19+/m0/s1. The number of ether oxygens (including phenoxy) is 3. The van der Waals surface area contributed by atoms with Crippen molar-refractivity contribution in [3.63, 3.8) is 0 Å². The summed E-state index contributed by atoms with van der Waals surface area (Å²) in [4.78, 5) is 23.9. The van der Waals surface area contributed by atoms with Gasteiger partial charge in [0.1, 0.15) is 18.0 Å². The van der Waals surface area contributed by atoms with Crippen LogP contribution in [-0.2, 0) is 19.1 Å². The molecule has 0 bridgehead atoms. The topological polar surface area (TPSA) is 94.1 Å². The van der Waals surface area contributed by atoms with E-state index in [1.807, 2.05) is 18.2 Å². The molecule has 3 aliphatic rings. The number of esters is 1. The fourth-order valence-electron chi connectivity index (χ4n) is 4.15. The second kappa shape index (κ2) is 7.48. The number of carbonyl (C=O) groups is 2. The number of nitrogens with one attached hydrogen (secondary N) is 1. The number of hydrogen-bond acceptors (Lipinski definition) is 6. The first kappa shape index (κ1) is 18.3. The molecule has 0 radical (unpaired) electrons. The Bertz CT molecular complexity index is 731. The Hall–Kier alpha value is -2.12. The maximum Gasteiger partial charge on any atom is 0.308 e. The molecule has 4 rings (SSSR count). The summed E-state index contributed by atoms with van der Waals surface area (Å²) in [5.41, 5.74) is 1.74. The highest BCUT2D eigenvalue weighted by atomic mass is 16.6. The normalized spacial score (nSPS) is 29.1. The van der Waals surface area contributed by atoms with Gasteiger partial charge in [0.15, 0.2) is 0 Å². The monoisotopic (exact) mass is 375 g/mol. The predicted molar refractivity (Wildman–Crippen MR) is 96.6 cm³/mol. The van der Waals surface area contributed by atoms with Crippen molar-refractivity contribution in [2.24, 2.45) is 5.92 Å². The van der Waals surface area contributed by atoms with Gasteiger partial charge in [0.2, 0.25) is 5.91 Å². The van der Waals surface area contributed by atoms with E-state index in [9.17, 15) is 14.7 Å². The molecule has 2 fully saturated rings. The zero-order valence-corrected chi connectivity index (χ0v) is 15.3. The molecular weight excluding hydrogens is 350 g/mol. The molecule has 0 unspecified atom stereocenters. The van der Waals surface area contributed by atoms with Crippen molar-refractivity contribution in [2.45, 2.75) is 56.3 Å².